The Morgan fingerprint density at radius 3 is 2.52 bits per heavy atom. The molecule has 0 aliphatic rings. The minimum atomic E-state index is -3.89. The van der Waals surface area contributed by atoms with Gasteiger partial charge in [-0.25, -0.2) is 13.2 Å². The fourth-order valence-corrected chi connectivity index (χ4v) is 3.11. The first-order chi connectivity index (χ1) is 10.9. The van der Waals surface area contributed by atoms with Gasteiger partial charge >= 0.3 is 5.97 Å². The van der Waals surface area contributed by atoms with E-state index in [9.17, 15) is 13.2 Å². The minimum absolute atomic E-state index is 0.0253. The van der Waals surface area contributed by atoms with Crippen LogP contribution in [0.15, 0.2) is 47.4 Å². The molecule has 0 radical (unpaired) electrons. The average molecular weight is 356 g/mol. The number of ether oxygens (including phenoxy) is 2. The average Bonchev–Trinajstić information content (AvgIpc) is 2.54. The monoisotopic (exact) mass is 355 g/mol. The summed E-state index contributed by atoms with van der Waals surface area (Å²) in [6, 6.07) is 10.3. The van der Waals surface area contributed by atoms with Crippen molar-refractivity contribution in [1.29, 1.82) is 0 Å². The van der Waals surface area contributed by atoms with E-state index >= 15 is 0 Å². The van der Waals surface area contributed by atoms with E-state index in [1.165, 1.54) is 32.4 Å². The van der Waals surface area contributed by atoms with Crippen molar-refractivity contribution >= 4 is 33.3 Å². The third kappa shape index (κ3) is 3.94. The maximum atomic E-state index is 12.4. The quantitative estimate of drug-likeness (QED) is 0.834. The number of carbonyl (C=O) groups is 1. The Morgan fingerprint density at radius 1 is 1.13 bits per heavy atom. The molecule has 0 heterocycles. The number of methoxy groups -OCH3 is 2. The molecule has 0 amide bonds. The zero-order valence-corrected chi connectivity index (χ0v) is 13.9. The molecule has 122 valence electrons. The van der Waals surface area contributed by atoms with Gasteiger partial charge in [0.15, 0.2) is 0 Å². The molecule has 0 fully saturated rings. The van der Waals surface area contributed by atoms with E-state index in [2.05, 4.69) is 9.46 Å². The second-order valence-electron chi connectivity index (χ2n) is 4.47. The van der Waals surface area contributed by atoms with Gasteiger partial charge in [-0.15, -0.1) is 0 Å². The lowest BCUT2D eigenvalue weighted by Gasteiger charge is -2.10. The summed E-state index contributed by atoms with van der Waals surface area (Å²) in [6.45, 7) is 0. The Morgan fingerprint density at radius 2 is 1.87 bits per heavy atom. The van der Waals surface area contributed by atoms with Crippen molar-refractivity contribution in [2.24, 2.45) is 0 Å². The Labute approximate surface area is 139 Å². The number of carbonyl (C=O) groups excluding carboxylic acids is 1. The maximum Gasteiger partial charge on any atom is 0.339 e. The molecule has 0 saturated heterocycles. The maximum absolute atomic E-state index is 12.4. The summed E-state index contributed by atoms with van der Waals surface area (Å²) in [5.74, 6) is -0.204. The first-order valence-corrected chi connectivity index (χ1v) is 8.28. The van der Waals surface area contributed by atoms with Crippen molar-refractivity contribution in [2.75, 3.05) is 18.9 Å². The summed E-state index contributed by atoms with van der Waals surface area (Å²) >= 11 is 5.89. The van der Waals surface area contributed by atoms with Gasteiger partial charge in [0.05, 0.1) is 35.4 Å². The minimum Gasteiger partial charge on any atom is -0.497 e. The van der Waals surface area contributed by atoms with Gasteiger partial charge in [-0.2, -0.15) is 0 Å². The lowest BCUT2D eigenvalue weighted by Crippen LogP contribution is -2.14. The number of nitrogens with one attached hydrogen (secondary N) is 1. The Kier molecular flexibility index (Phi) is 5.12. The van der Waals surface area contributed by atoms with Crippen molar-refractivity contribution < 1.29 is 22.7 Å². The van der Waals surface area contributed by atoms with Crippen molar-refractivity contribution in [2.45, 2.75) is 4.90 Å². The van der Waals surface area contributed by atoms with E-state index in [-0.39, 0.29) is 15.5 Å². The topological polar surface area (TPSA) is 81.7 Å². The van der Waals surface area contributed by atoms with Crippen LogP contribution in [0.25, 0.3) is 0 Å². The van der Waals surface area contributed by atoms with E-state index in [1.807, 2.05) is 0 Å². The summed E-state index contributed by atoms with van der Waals surface area (Å²) in [4.78, 5) is 11.5. The molecule has 0 aliphatic carbocycles. The van der Waals surface area contributed by atoms with Crippen LogP contribution in [0, 0.1) is 0 Å². The van der Waals surface area contributed by atoms with Crippen molar-refractivity contribution in [3.8, 4) is 5.75 Å². The Balaban J connectivity index is 2.37. The smallest absolute Gasteiger partial charge is 0.339 e. The second kappa shape index (κ2) is 6.89. The van der Waals surface area contributed by atoms with Crippen LogP contribution in [0.1, 0.15) is 10.4 Å². The lowest BCUT2D eigenvalue weighted by atomic mass is 10.2. The molecule has 2 aromatic rings. The predicted molar refractivity (Wildman–Crippen MR) is 86.6 cm³/mol. The van der Waals surface area contributed by atoms with E-state index in [1.54, 1.807) is 18.2 Å². The van der Waals surface area contributed by atoms with Gasteiger partial charge in [-0.1, -0.05) is 17.7 Å². The number of hydrogen-bond acceptors (Lipinski definition) is 5. The molecule has 6 nitrogen and oxygen atoms in total. The van der Waals surface area contributed by atoms with Crippen LogP contribution >= 0.6 is 11.6 Å². The van der Waals surface area contributed by atoms with Gasteiger partial charge in [0, 0.05) is 6.07 Å². The molecule has 0 atom stereocenters. The largest absolute Gasteiger partial charge is 0.497 e. The predicted octanol–water partition coefficient (Wildman–Crippen LogP) is 2.94. The summed E-state index contributed by atoms with van der Waals surface area (Å²) in [5, 5.41) is 0.109. The van der Waals surface area contributed by atoms with Crippen LogP contribution in [-0.4, -0.2) is 28.6 Å². The zero-order valence-electron chi connectivity index (χ0n) is 12.4. The van der Waals surface area contributed by atoms with Crippen molar-refractivity contribution in [3.05, 3.63) is 53.1 Å². The molecule has 0 bridgehead atoms. The van der Waals surface area contributed by atoms with Gasteiger partial charge in [-0.3, -0.25) is 4.72 Å². The third-order valence-electron chi connectivity index (χ3n) is 2.98. The van der Waals surface area contributed by atoms with E-state index in [4.69, 9.17) is 16.3 Å². The standard InChI is InChI=1S/C15H14ClNO5S/c1-21-11-5-3-4-10(8-11)17-23(19,20)12-6-7-14(16)13(9-12)15(18)22-2/h3-9,17H,1-2H3. The molecule has 0 aliphatic heterocycles. The van der Waals surface area contributed by atoms with Crippen molar-refractivity contribution in [1.82, 2.24) is 0 Å². The first kappa shape index (κ1) is 17.1. The highest BCUT2D eigenvalue weighted by Crippen LogP contribution is 2.24. The summed E-state index contributed by atoms with van der Waals surface area (Å²) in [6.07, 6.45) is 0. The highest BCUT2D eigenvalue weighted by atomic mass is 35.5. The van der Waals surface area contributed by atoms with E-state index < -0.39 is 16.0 Å². The van der Waals surface area contributed by atoms with Gasteiger partial charge in [-0.05, 0) is 30.3 Å². The molecule has 2 rings (SSSR count). The molecule has 0 aromatic heterocycles. The summed E-state index contributed by atoms with van der Waals surface area (Å²) < 4.78 is 36.9. The second-order valence-corrected chi connectivity index (χ2v) is 6.56. The van der Waals surface area contributed by atoms with Crippen LogP contribution in [0.4, 0.5) is 5.69 Å². The highest BCUT2D eigenvalue weighted by Gasteiger charge is 2.19. The number of benzene rings is 2. The molecule has 1 N–H and O–H groups in total. The SMILES string of the molecule is COC(=O)c1cc(S(=O)(=O)Nc2cccc(OC)c2)ccc1Cl. The first-order valence-electron chi connectivity index (χ1n) is 6.42. The van der Waals surface area contributed by atoms with Crippen LogP contribution in [-0.2, 0) is 14.8 Å². The molecule has 0 saturated carbocycles. The summed E-state index contributed by atoms with van der Waals surface area (Å²) in [7, 11) is -1.22. The number of hydrogen-bond donors (Lipinski definition) is 1. The van der Waals surface area contributed by atoms with Crippen LogP contribution in [0.5, 0.6) is 5.75 Å². The van der Waals surface area contributed by atoms with E-state index in [0.717, 1.165) is 6.07 Å². The van der Waals surface area contributed by atoms with Crippen LogP contribution in [0.3, 0.4) is 0 Å². The van der Waals surface area contributed by atoms with Crippen molar-refractivity contribution in [3.63, 3.8) is 0 Å². The highest BCUT2D eigenvalue weighted by molar-refractivity contribution is 7.92. The Bertz CT molecular complexity index is 836. The Hall–Kier alpha value is -2.25. The molecular formula is C15H14ClNO5S. The van der Waals surface area contributed by atoms with Crippen LogP contribution < -0.4 is 9.46 Å². The van der Waals surface area contributed by atoms with Gasteiger partial charge in [0.1, 0.15) is 5.75 Å². The molecule has 2 aromatic carbocycles. The molecule has 0 unspecified atom stereocenters. The van der Waals surface area contributed by atoms with Crippen LogP contribution in [0.2, 0.25) is 5.02 Å². The molecule has 0 spiro atoms. The number of rotatable bonds is 5. The number of anilines is 1. The van der Waals surface area contributed by atoms with Gasteiger partial charge in [0.25, 0.3) is 10.0 Å². The lowest BCUT2D eigenvalue weighted by molar-refractivity contribution is 0.0600. The van der Waals surface area contributed by atoms with E-state index in [0.29, 0.717) is 11.4 Å². The summed E-state index contributed by atoms with van der Waals surface area (Å²) in [5.41, 5.74) is 0.307. The molecule has 23 heavy (non-hydrogen) atoms. The zero-order chi connectivity index (χ0) is 17.0. The number of sulfonamides is 1. The van der Waals surface area contributed by atoms with Gasteiger partial charge in [0.2, 0.25) is 0 Å². The fraction of sp³-hybridized carbons (Fsp3) is 0.133. The van der Waals surface area contributed by atoms with Gasteiger partial charge < -0.3 is 9.47 Å². The normalized spacial score (nSPS) is 10.9. The fourth-order valence-electron chi connectivity index (χ4n) is 1.84. The molecule has 8 heteroatoms. The number of esters is 1. The molecular weight excluding hydrogens is 342 g/mol. The third-order valence-corrected chi connectivity index (χ3v) is 4.68. The number of halogens is 1.